The van der Waals surface area contributed by atoms with Gasteiger partial charge in [-0.05, 0) is 26.7 Å². The number of nitrogens with zero attached hydrogens (tertiary/aromatic N) is 4. The Hall–Kier alpha value is -1.65. The van der Waals surface area contributed by atoms with Crippen LogP contribution in [0.5, 0.6) is 0 Å². The lowest BCUT2D eigenvalue weighted by molar-refractivity contribution is -0.115. The molecule has 5 heteroatoms. The van der Waals surface area contributed by atoms with Crippen molar-refractivity contribution in [3.63, 3.8) is 0 Å². The molecule has 0 radical (unpaired) electrons. The van der Waals surface area contributed by atoms with Crippen molar-refractivity contribution in [3.05, 3.63) is 11.9 Å². The van der Waals surface area contributed by atoms with Gasteiger partial charge in [0.25, 0.3) is 0 Å². The van der Waals surface area contributed by atoms with Crippen molar-refractivity contribution in [1.29, 1.82) is 0 Å². The van der Waals surface area contributed by atoms with Gasteiger partial charge in [-0.1, -0.05) is 0 Å². The molecule has 5 nitrogen and oxygen atoms in total. The summed E-state index contributed by atoms with van der Waals surface area (Å²) in [5, 5.41) is 0. The number of aromatic nitrogens is 2. The Morgan fingerprint density at radius 1 is 1.39 bits per heavy atom. The van der Waals surface area contributed by atoms with Crippen molar-refractivity contribution in [2.75, 3.05) is 36.5 Å². The number of Topliss-reactive ketones (excluding diaryl/α,β-unsaturated/α-hetero) is 1. The second kappa shape index (κ2) is 5.33. The molecule has 0 aliphatic carbocycles. The van der Waals surface area contributed by atoms with Crippen LogP contribution in [0.3, 0.4) is 0 Å². The summed E-state index contributed by atoms with van der Waals surface area (Å²) >= 11 is 0. The summed E-state index contributed by atoms with van der Waals surface area (Å²) in [4.78, 5) is 24.2. The number of hydrogen-bond donors (Lipinski definition) is 0. The molecule has 1 aromatic heterocycles. The van der Waals surface area contributed by atoms with E-state index in [1.165, 1.54) is 12.8 Å². The number of anilines is 2. The van der Waals surface area contributed by atoms with E-state index in [-0.39, 0.29) is 5.78 Å². The predicted molar refractivity (Wildman–Crippen MR) is 72.2 cm³/mol. The van der Waals surface area contributed by atoms with Gasteiger partial charge in [0, 0.05) is 26.2 Å². The Morgan fingerprint density at radius 3 is 2.67 bits per heavy atom. The first-order valence-corrected chi connectivity index (χ1v) is 6.37. The maximum absolute atomic E-state index is 11.2. The Balaban J connectivity index is 2.22. The third-order valence-electron chi connectivity index (χ3n) is 3.09. The van der Waals surface area contributed by atoms with E-state index < -0.39 is 0 Å². The molecule has 1 aliphatic heterocycles. The van der Waals surface area contributed by atoms with Crippen molar-refractivity contribution >= 4 is 17.4 Å². The summed E-state index contributed by atoms with van der Waals surface area (Å²) in [6.45, 7) is 5.99. The fraction of sp³-hybridized carbons (Fsp3) is 0.615. The van der Waals surface area contributed by atoms with Gasteiger partial charge in [-0.25, -0.2) is 9.97 Å². The van der Waals surface area contributed by atoms with Gasteiger partial charge in [-0.15, -0.1) is 0 Å². The van der Waals surface area contributed by atoms with Crippen LogP contribution in [-0.4, -0.2) is 42.4 Å². The molecule has 1 saturated heterocycles. The van der Waals surface area contributed by atoms with Gasteiger partial charge in [0.15, 0.2) is 0 Å². The standard InChI is InChI=1S/C13H20N4O/c1-10(18)9-16(3)12-8-13(15-11(2)14-12)17-6-4-5-7-17/h8H,4-7,9H2,1-3H3. The first-order chi connectivity index (χ1) is 8.56. The van der Waals surface area contributed by atoms with Crippen molar-refractivity contribution in [1.82, 2.24) is 9.97 Å². The molecule has 0 unspecified atom stereocenters. The minimum Gasteiger partial charge on any atom is -0.356 e. The summed E-state index contributed by atoms with van der Waals surface area (Å²) in [6, 6.07) is 1.97. The number of carbonyl (C=O) groups is 1. The maximum Gasteiger partial charge on any atom is 0.149 e. The number of aryl methyl sites for hydroxylation is 1. The van der Waals surface area contributed by atoms with Crippen LogP contribution in [-0.2, 0) is 4.79 Å². The normalized spacial score (nSPS) is 14.9. The smallest absolute Gasteiger partial charge is 0.149 e. The monoisotopic (exact) mass is 248 g/mol. The Labute approximate surface area is 108 Å². The zero-order valence-corrected chi connectivity index (χ0v) is 11.3. The molecule has 1 fully saturated rings. The average molecular weight is 248 g/mol. The van der Waals surface area contributed by atoms with Crippen LogP contribution in [0.15, 0.2) is 6.07 Å². The highest BCUT2D eigenvalue weighted by Gasteiger charge is 2.16. The van der Waals surface area contributed by atoms with Crippen LogP contribution in [0.2, 0.25) is 0 Å². The lowest BCUT2D eigenvalue weighted by Crippen LogP contribution is -2.26. The first-order valence-electron chi connectivity index (χ1n) is 6.37. The maximum atomic E-state index is 11.2. The SMILES string of the molecule is CC(=O)CN(C)c1cc(N2CCCC2)nc(C)n1. The van der Waals surface area contributed by atoms with Crippen LogP contribution in [0.4, 0.5) is 11.6 Å². The quantitative estimate of drug-likeness (QED) is 0.806. The third-order valence-corrected chi connectivity index (χ3v) is 3.09. The summed E-state index contributed by atoms with van der Waals surface area (Å²) in [6.07, 6.45) is 2.45. The minimum absolute atomic E-state index is 0.136. The Kier molecular flexibility index (Phi) is 3.79. The summed E-state index contributed by atoms with van der Waals surface area (Å²) in [5.74, 6) is 2.69. The highest BCUT2D eigenvalue weighted by atomic mass is 16.1. The lowest BCUT2D eigenvalue weighted by Gasteiger charge is -2.21. The van der Waals surface area contributed by atoms with E-state index in [1.54, 1.807) is 6.92 Å². The zero-order chi connectivity index (χ0) is 13.1. The Morgan fingerprint density at radius 2 is 2.06 bits per heavy atom. The fourth-order valence-electron chi connectivity index (χ4n) is 2.26. The molecule has 1 aromatic rings. The van der Waals surface area contributed by atoms with Gasteiger partial charge in [0.1, 0.15) is 23.2 Å². The van der Waals surface area contributed by atoms with E-state index in [0.29, 0.717) is 6.54 Å². The van der Waals surface area contributed by atoms with Crippen LogP contribution in [0.25, 0.3) is 0 Å². The number of carbonyl (C=O) groups excluding carboxylic acids is 1. The molecule has 0 bridgehead atoms. The van der Waals surface area contributed by atoms with E-state index in [1.807, 2.05) is 24.9 Å². The second-order valence-electron chi connectivity index (χ2n) is 4.88. The number of likely N-dealkylation sites (N-methyl/N-ethyl adjacent to an activating group) is 1. The van der Waals surface area contributed by atoms with Gasteiger partial charge in [0.05, 0.1) is 6.54 Å². The topological polar surface area (TPSA) is 49.3 Å². The van der Waals surface area contributed by atoms with Crippen LogP contribution in [0.1, 0.15) is 25.6 Å². The number of ketones is 1. The van der Waals surface area contributed by atoms with Crippen molar-refractivity contribution in [3.8, 4) is 0 Å². The summed E-state index contributed by atoms with van der Waals surface area (Å²) in [5.41, 5.74) is 0. The van der Waals surface area contributed by atoms with Gasteiger partial charge < -0.3 is 9.80 Å². The molecular formula is C13H20N4O. The molecule has 2 rings (SSSR count). The van der Waals surface area contributed by atoms with E-state index in [2.05, 4.69) is 14.9 Å². The van der Waals surface area contributed by atoms with Gasteiger partial charge >= 0.3 is 0 Å². The molecule has 0 saturated carbocycles. The molecule has 2 heterocycles. The molecule has 0 atom stereocenters. The molecule has 0 N–H and O–H groups in total. The summed E-state index contributed by atoms with van der Waals surface area (Å²) < 4.78 is 0. The van der Waals surface area contributed by atoms with Crippen molar-refractivity contribution in [2.24, 2.45) is 0 Å². The zero-order valence-electron chi connectivity index (χ0n) is 11.3. The molecule has 18 heavy (non-hydrogen) atoms. The van der Waals surface area contributed by atoms with Crippen LogP contribution in [0, 0.1) is 6.92 Å². The molecule has 1 aliphatic rings. The average Bonchev–Trinajstić information content (AvgIpc) is 2.80. The van der Waals surface area contributed by atoms with E-state index in [9.17, 15) is 4.79 Å². The highest BCUT2D eigenvalue weighted by Crippen LogP contribution is 2.21. The fourth-order valence-corrected chi connectivity index (χ4v) is 2.26. The third kappa shape index (κ3) is 2.97. The molecule has 0 aromatic carbocycles. The molecule has 0 spiro atoms. The minimum atomic E-state index is 0.136. The summed E-state index contributed by atoms with van der Waals surface area (Å²) in [7, 11) is 1.89. The van der Waals surface area contributed by atoms with E-state index in [0.717, 1.165) is 30.5 Å². The largest absolute Gasteiger partial charge is 0.356 e. The van der Waals surface area contributed by atoms with E-state index >= 15 is 0 Å². The highest BCUT2D eigenvalue weighted by molar-refractivity contribution is 5.80. The van der Waals surface area contributed by atoms with Crippen LogP contribution >= 0.6 is 0 Å². The first kappa shape index (κ1) is 12.8. The van der Waals surface area contributed by atoms with Crippen LogP contribution < -0.4 is 9.80 Å². The Bertz CT molecular complexity index is 441. The van der Waals surface area contributed by atoms with E-state index in [4.69, 9.17) is 0 Å². The second-order valence-corrected chi connectivity index (χ2v) is 4.88. The van der Waals surface area contributed by atoms with Crippen molar-refractivity contribution < 1.29 is 4.79 Å². The lowest BCUT2D eigenvalue weighted by atomic mass is 10.3. The molecular weight excluding hydrogens is 228 g/mol. The van der Waals surface area contributed by atoms with Gasteiger partial charge in [0.2, 0.25) is 0 Å². The number of rotatable bonds is 4. The molecule has 0 amide bonds. The molecule has 98 valence electrons. The number of hydrogen-bond acceptors (Lipinski definition) is 5. The van der Waals surface area contributed by atoms with Gasteiger partial charge in [-0.3, -0.25) is 4.79 Å². The van der Waals surface area contributed by atoms with Crippen molar-refractivity contribution in [2.45, 2.75) is 26.7 Å². The van der Waals surface area contributed by atoms with Gasteiger partial charge in [-0.2, -0.15) is 0 Å². The predicted octanol–water partition coefficient (Wildman–Crippen LogP) is 1.41.